The fraction of sp³-hybridized carbons (Fsp3) is 0.651. The summed E-state index contributed by atoms with van der Waals surface area (Å²) in [7, 11) is 0. The number of unbranched alkanes of at least 4 members (excludes halogenated alkanes) is 1. The Bertz CT molecular complexity index is 1770. The van der Waals surface area contributed by atoms with Crippen molar-refractivity contribution in [2.75, 3.05) is 32.7 Å². The van der Waals surface area contributed by atoms with E-state index in [1.165, 1.54) is 13.8 Å². The van der Waals surface area contributed by atoms with Crippen molar-refractivity contribution < 1.29 is 48.3 Å². The van der Waals surface area contributed by atoms with Crippen LogP contribution in [-0.4, -0.2) is 145 Å². The second-order valence-corrected chi connectivity index (χ2v) is 16.8. The van der Waals surface area contributed by atoms with Crippen molar-refractivity contribution in [3.63, 3.8) is 0 Å². The fourth-order valence-electron chi connectivity index (χ4n) is 7.09. The maximum absolute atomic E-state index is 14.2. The van der Waals surface area contributed by atoms with E-state index in [9.17, 15) is 48.3 Å². The van der Waals surface area contributed by atoms with E-state index in [4.69, 9.17) is 22.9 Å². The molecule has 1 aromatic rings. The summed E-state index contributed by atoms with van der Waals surface area (Å²) in [6.07, 6.45) is -0.918. The molecule has 370 valence electrons. The summed E-state index contributed by atoms with van der Waals surface area (Å²) in [5, 5.41) is 34.0. The molecule has 0 saturated carbocycles. The van der Waals surface area contributed by atoms with Gasteiger partial charge in [-0.1, -0.05) is 44.2 Å². The molecule has 1 heterocycles. The van der Waals surface area contributed by atoms with Crippen LogP contribution in [0.1, 0.15) is 84.6 Å². The van der Waals surface area contributed by atoms with Crippen molar-refractivity contribution in [1.82, 2.24) is 47.9 Å². The Hall–Kier alpha value is -5.75. The van der Waals surface area contributed by atoms with Gasteiger partial charge in [0.05, 0.1) is 6.10 Å². The Morgan fingerprint density at radius 2 is 1.14 bits per heavy atom. The van der Waals surface area contributed by atoms with Crippen LogP contribution in [0.25, 0.3) is 0 Å². The predicted octanol–water partition coefficient (Wildman–Crippen LogP) is -4.75. The summed E-state index contributed by atoms with van der Waals surface area (Å²) in [5.74, 6) is -7.29. The van der Waals surface area contributed by atoms with Gasteiger partial charge in [0.15, 0.2) is 0 Å². The Morgan fingerprint density at radius 1 is 0.652 bits per heavy atom. The highest BCUT2D eigenvalue weighted by Gasteiger charge is 2.36. The van der Waals surface area contributed by atoms with Gasteiger partial charge in [-0.15, -0.1) is 0 Å². The van der Waals surface area contributed by atoms with Crippen molar-refractivity contribution in [1.29, 1.82) is 0 Å². The molecule has 9 amide bonds. The second-order valence-electron chi connectivity index (χ2n) is 16.8. The maximum Gasteiger partial charge on any atom is 0.245 e. The van der Waals surface area contributed by atoms with Crippen LogP contribution in [0.3, 0.4) is 0 Å². The van der Waals surface area contributed by atoms with Gasteiger partial charge in [0, 0.05) is 19.9 Å². The summed E-state index contributed by atoms with van der Waals surface area (Å²) in [5.41, 5.74) is 23.8. The normalized spacial score (nSPS) is 24.3. The molecule has 1 aliphatic heterocycles. The van der Waals surface area contributed by atoms with E-state index >= 15 is 0 Å². The van der Waals surface area contributed by atoms with E-state index in [1.54, 1.807) is 30.3 Å². The largest absolute Gasteiger partial charge is 0.391 e. The number of nitrogens with one attached hydrogen (secondary N) is 9. The maximum atomic E-state index is 14.2. The van der Waals surface area contributed by atoms with Crippen molar-refractivity contribution in [2.24, 2.45) is 28.9 Å². The van der Waals surface area contributed by atoms with Crippen LogP contribution in [0, 0.1) is 5.92 Å². The van der Waals surface area contributed by atoms with Crippen molar-refractivity contribution >= 4 is 53.2 Å². The lowest BCUT2D eigenvalue weighted by Gasteiger charge is -2.28. The molecule has 1 saturated heterocycles. The lowest BCUT2D eigenvalue weighted by Crippen LogP contribution is -2.61. The van der Waals surface area contributed by atoms with Gasteiger partial charge in [-0.25, -0.2) is 0 Å². The van der Waals surface area contributed by atoms with Gasteiger partial charge in [0.2, 0.25) is 53.2 Å². The van der Waals surface area contributed by atoms with E-state index in [1.807, 2.05) is 13.8 Å². The van der Waals surface area contributed by atoms with Gasteiger partial charge in [0.1, 0.15) is 48.3 Å². The number of benzene rings is 1. The number of amides is 9. The minimum Gasteiger partial charge on any atom is -0.391 e. The average molecular weight is 932 g/mol. The zero-order valence-electron chi connectivity index (χ0n) is 38.5. The molecule has 1 aliphatic rings. The molecule has 0 radical (unpaired) electrons. The number of aliphatic hydroxyl groups is 1. The highest BCUT2D eigenvalue weighted by molar-refractivity contribution is 5.98. The summed E-state index contributed by atoms with van der Waals surface area (Å²) in [6, 6.07) is -2.02. The SMILES string of the molecule is CC(=O)N[C@@H](CCCCN)C(=O)N[C@H]1CCNC(=O)[C@H]([C@@H](C)O)NC(=O)[C@H](CCN)NC(=O)[C@H](CCN)NC(=O)[C@H](CC(C)C)NC(=O)[C@@H](Cc2ccccc2)NC(=O)[C@H](CCN)NC1=O. The van der Waals surface area contributed by atoms with E-state index in [2.05, 4.69) is 47.9 Å². The van der Waals surface area contributed by atoms with Crippen molar-refractivity contribution in [3.8, 4) is 0 Å². The molecular weight excluding hydrogens is 859 g/mol. The first kappa shape index (κ1) is 56.4. The van der Waals surface area contributed by atoms with Gasteiger partial charge < -0.3 is 75.9 Å². The molecule has 1 fully saturated rings. The zero-order chi connectivity index (χ0) is 49.3. The molecule has 0 spiro atoms. The molecule has 9 atom stereocenters. The molecule has 0 aromatic heterocycles. The molecular formula is C43H73N13O10. The zero-order valence-corrected chi connectivity index (χ0v) is 38.5. The third-order valence-electron chi connectivity index (χ3n) is 10.6. The van der Waals surface area contributed by atoms with E-state index in [0.717, 1.165) is 0 Å². The average Bonchev–Trinajstić information content (AvgIpc) is 3.25. The van der Waals surface area contributed by atoms with E-state index < -0.39 is 108 Å². The van der Waals surface area contributed by atoms with Crippen LogP contribution in [0.4, 0.5) is 0 Å². The highest BCUT2D eigenvalue weighted by atomic mass is 16.3. The monoisotopic (exact) mass is 932 g/mol. The first-order valence-corrected chi connectivity index (χ1v) is 22.5. The van der Waals surface area contributed by atoms with Crippen LogP contribution in [0.15, 0.2) is 30.3 Å². The van der Waals surface area contributed by atoms with E-state index in [0.29, 0.717) is 24.9 Å². The standard InChI is InChI=1S/C43H73N13O10/c1-24(2)22-33-41(64)52-29(13-18-45)37(60)51-31(15-20-47)40(63)56-35(25(3)57)43(66)48-21-16-32(53-36(59)28(49-26(4)58)12-8-9-17-44)39(62)50-30(14-19-46)38(61)55-34(42(65)54-33)23-27-10-6-5-7-11-27/h5-7,10-11,24-25,28-35,57H,8-9,12-23,44-47H2,1-4H3,(H,48,66)(H,49,58)(H,50,62)(H,51,60)(H,52,64)(H,53,59)(H,54,65)(H,55,61)(H,56,63)/t25-,28+,29+,30+,31+,32+,33+,34-,35+/m1/s1. The van der Waals surface area contributed by atoms with Gasteiger partial charge in [-0.05, 0) is 96.0 Å². The quantitative estimate of drug-likeness (QED) is 0.0615. The highest BCUT2D eigenvalue weighted by Crippen LogP contribution is 2.11. The molecule has 0 bridgehead atoms. The number of carbonyl (C=O) groups is 9. The smallest absolute Gasteiger partial charge is 0.245 e. The van der Waals surface area contributed by atoms with Crippen LogP contribution in [-0.2, 0) is 49.6 Å². The Balaban J connectivity index is 2.73. The molecule has 1 aromatic carbocycles. The number of hydrogen-bond donors (Lipinski definition) is 14. The molecule has 66 heavy (non-hydrogen) atoms. The molecule has 18 N–H and O–H groups in total. The predicted molar refractivity (Wildman–Crippen MR) is 244 cm³/mol. The minimum absolute atomic E-state index is 0.0545. The van der Waals surface area contributed by atoms with Crippen LogP contribution >= 0.6 is 0 Å². The van der Waals surface area contributed by atoms with Crippen molar-refractivity contribution in [3.05, 3.63) is 35.9 Å². The first-order valence-electron chi connectivity index (χ1n) is 22.5. The van der Waals surface area contributed by atoms with Crippen LogP contribution in [0.5, 0.6) is 0 Å². The number of carbonyl (C=O) groups excluding carboxylic acids is 9. The van der Waals surface area contributed by atoms with Gasteiger partial charge in [-0.3, -0.25) is 43.2 Å². The number of rotatable bonds is 18. The Labute approximate surface area is 385 Å². The Kier molecular flexibility index (Phi) is 25.4. The van der Waals surface area contributed by atoms with Gasteiger partial charge in [-0.2, -0.15) is 0 Å². The molecule has 23 heteroatoms. The lowest BCUT2D eigenvalue weighted by molar-refractivity contribution is -0.136. The minimum atomic E-state index is -1.59. The second kappa shape index (κ2) is 29.7. The third-order valence-corrected chi connectivity index (χ3v) is 10.6. The molecule has 0 aliphatic carbocycles. The molecule has 23 nitrogen and oxygen atoms in total. The van der Waals surface area contributed by atoms with Gasteiger partial charge in [0.25, 0.3) is 0 Å². The van der Waals surface area contributed by atoms with E-state index in [-0.39, 0.29) is 77.0 Å². The Morgan fingerprint density at radius 3 is 1.64 bits per heavy atom. The summed E-state index contributed by atoms with van der Waals surface area (Å²) in [4.78, 5) is 123. The lowest BCUT2D eigenvalue weighted by atomic mass is 10.00. The first-order chi connectivity index (χ1) is 31.3. The molecule has 2 rings (SSSR count). The van der Waals surface area contributed by atoms with Gasteiger partial charge >= 0.3 is 0 Å². The summed E-state index contributed by atoms with van der Waals surface area (Å²) < 4.78 is 0. The number of hydrogen-bond acceptors (Lipinski definition) is 14. The van der Waals surface area contributed by atoms with Crippen LogP contribution in [0.2, 0.25) is 0 Å². The van der Waals surface area contributed by atoms with Crippen LogP contribution < -0.4 is 70.8 Å². The molecule has 0 unspecified atom stereocenters. The topological polar surface area (TPSA) is 386 Å². The summed E-state index contributed by atoms with van der Waals surface area (Å²) in [6.45, 7) is 5.80. The van der Waals surface area contributed by atoms with Crippen molar-refractivity contribution in [2.45, 2.75) is 140 Å². The third kappa shape index (κ3) is 19.8. The summed E-state index contributed by atoms with van der Waals surface area (Å²) >= 11 is 0. The number of aliphatic hydroxyl groups excluding tert-OH is 1. The number of nitrogens with two attached hydrogens (primary N) is 4. The fourth-order valence-corrected chi connectivity index (χ4v) is 7.09.